The molecule has 1 aromatic carbocycles. The lowest BCUT2D eigenvalue weighted by Gasteiger charge is -2.36. The molecule has 6 heteroatoms. The van der Waals surface area contributed by atoms with Crippen molar-refractivity contribution in [2.24, 2.45) is 5.92 Å². The fourth-order valence-electron chi connectivity index (χ4n) is 4.56. The van der Waals surface area contributed by atoms with Gasteiger partial charge in [-0.2, -0.15) is 0 Å². The standard InChI is InChI=1S/C26H30N4O2/c1-15-6-11-22(27-14-15)29-26(32)23-17(3)28-20-12-16(2)13-21(31)25(20)24(23)18-7-9-19(10-8-18)30(4)5/h6-11,14,16,24,28H,12-13H2,1-5H3,(H,27,29,32)/t16-,24-/m0/s1. The average Bonchev–Trinajstić information content (AvgIpc) is 2.74. The first-order valence-electron chi connectivity index (χ1n) is 11.0. The van der Waals surface area contributed by atoms with E-state index >= 15 is 0 Å². The Hall–Kier alpha value is -3.41. The van der Waals surface area contributed by atoms with Crippen LogP contribution in [0, 0.1) is 12.8 Å². The first-order chi connectivity index (χ1) is 15.2. The van der Waals surface area contributed by atoms with Crippen LogP contribution in [0.5, 0.6) is 0 Å². The Morgan fingerprint density at radius 2 is 1.81 bits per heavy atom. The van der Waals surface area contributed by atoms with E-state index < -0.39 is 5.92 Å². The number of amides is 1. The van der Waals surface area contributed by atoms with Gasteiger partial charge in [0.1, 0.15) is 5.82 Å². The van der Waals surface area contributed by atoms with Gasteiger partial charge in [-0.3, -0.25) is 9.59 Å². The number of anilines is 2. The number of nitrogens with zero attached hydrogens (tertiary/aromatic N) is 2. The first kappa shape index (κ1) is 21.8. The van der Waals surface area contributed by atoms with E-state index in [0.29, 0.717) is 23.4 Å². The summed E-state index contributed by atoms with van der Waals surface area (Å²) in [5.74, 6) is 0.231. The number of rotatable bonds is 4. The van der Waals surface area contributed by atoms with E-state index in [9.17, 15) is 9.59 Å². The molecule has 0 saturated heterocycles. The van der Waals surface area contributed by atoms with Crippen molar-refractivity contribution in [1.29, 1.82) is 0 Å². The predicted molar refractivity (Wildman–Crippen MR) is 127 cm³/mol. The maximum absolute atomic E-state index is 13.5. The van der Waals surface area contributed by atoms with Gasteiger partial charge in [0.25, 0.3) is 5.91 Å². The van der Waals surface area contributed by atoms with Crippen molar-refractivity contribution in [2.45, 2.75) is 39.5 Å². The molecule has 0 radical (unpaired) electrons. The van der Waals surface area contributed by atoms with Crippen molar-refractivity contribution >= 4 is 23.2 Å². The average molecular weight is 431 g/mol. The summed E-state index contributed by atoms with van der Waals surface area (Å²) >= 11 is 0. The van der Waals surface area contributed by atoms with Gasteiger partial charge in [-0.05, 0) is 55.5 Å². The van der Waals surface area contributed by atoms with Crippen LogP contribution in [0.2, 0.25) is 0 Å². The Morgan fingerprint density at radius 3 is 2.44 bits per heavy atom. The monoisotopic (exact) mass is 430 g/mol. The lowest BCUT2D eigenvalue weighted by Crippen LogP contribution is -2.37. The number of aryl methyl sites for hydroxylation is 1. The molecule has 0 fully saturated rings. The van der Waals surface area contributed by atoms with E-state index in [0.717, 1.165) is 34.6 Å². The molecule has 4 rings (SSSR count). The first-order valence-corrected chi connectivity index (χ1v) is 11.0. The van der Waals surface area contributed by atoms with Crippen molar-refractivity contribution in [3.05, 3.63) is 76.3 Å². The second-order valence-electron chi connectivity index (χ2n) is 9.09. The van der Waals surface area contributed by atoms with Gasteiger partial charge in [-0.1, -0.05) is 25.1 Å². The van der Waals surface area contributed by atoms with Gasteiger partial charge in [0, 0.05) is 60.9 Å². The Balaban J connectivity index is 1.77. The van der Waals surface area contributed by atoms with Crippen LogP contribution in [0.3, 0.4) is 0 Å². The summed E-state index contributed by atoms with van der Waals surface area (Å²) < 4.78 is 0. The zero-order valence-corrected chi connectivity index (χ0v) is 19.3. The number of nitrogens with one attached hydrogen (secondary N) is 2. The Kier molecular flexibility index (Phi) is 5.87. The lowest BCUT2D eigenvalue weighted by atomic mass is 9.73. The van der Waals surface area contributed by atoms with Gasteiger partial charge in [0.2, 0.25) is 0 Å². The smallest absolute Gasteiger partial charge is 0.255 e. The maximum atomic E-state index is 13.5. The highest BCUT2D eigenvalue weighted by Crippen LogP contribution is 2.43. The number of carbonyl (C=O) groups excluding carboxylic acids is 2. The molecule has 1 aromatic heterocycles. The molecule has 2 aliphatic rings. The highest BCUT2D eigenvalue weighted by atomic mass is 16.2. The number of hydrogen-bond donors (Lipinski definition) is 2. The van der Waals surface area contributed by atoms with E-state index in [-0.39, 0.29) is 17.6 Å². The molecule has 0 saturated carbocycles. The second kappa shape index (κ2) is 8.61. The molecule has 1 aliphatic heterocycles. The molecule has 1 amide bonds. The van der Waals surface area contributed by atoms with E-state index in [4.69, 9.17) is 0 Å². The Labute approximate surface area is 189 Å². The summed E-state index contributed by atoms with van der Waals surface area (Å²) in [6.07, 6.45) is 3.03. The number of allylic oxidation sites excluding steroid dienone is 3. The maximum Gasteiger partial charge on any atom is 0.255 e. The number of ketones is 1. The third-order valence-electron chi connectivity index (χ3n) is 6.17. The number of carbonyl (C=O) groups is 2. The number of Topliss-reactive ketones (excluding diaryl/α,β-unsaturated/α-hetero) is 1. The van der Waals surface area contributed by atoms with E-state index in [1.165, 1.54) is 0 Å². The second-order valence-corrected chi connectivity index (χ2v) is 9.09. The number of dihydropyridines is 1. The molecule has 2 aromatic rings. The molecule has 2 heterocycles. The zero-order chi connectivity index (χ0) is 23.0. The summed E-state index contributed by atoms with van der Waals surface area (Å²) in [4.78, 5) is 33.0. The van der Waals surface area contributed by atoms with Crippen molar-refractivity contribution in [3.63, 3.8) is 0 Å². The number of benzene rings is 1. The van der Waals surface area contributed by atoms with Crippen molar-refractivity contribution in [2.75, 3.05) is 24.3 Å². The lowest BCUT2D eigenvalue weighted by molar-refractivity contribution is -0.117. The molecule has 0 bridgehead atoms. The molecular weight excluding hydrogens is 400 g/mol. The number of hydrogen-bond acceptors (Lipinski definition) is 5. The molecule has 6 nitrogen and oxygen atoms in total. The number of aromatic nitrogens is 1. The summed E-state index contributed by atoms with van der Waals surface area (Å²) in [5, 5.41) is 6.31. The quantitative estimate of drug-likeness (QED) is 0.756. The van der Waals surface area contributed by atoms with Gasteiger partial charge in [-0.25, -0.2) is 4.98 Å². The van der Waals surface area contributed by atoms with Crippen LogP contribution in [-0.4, -0.2) is 30.8 Å². The van der Waals surface area contributed by atoms with Gasteiger partial charge in [0.15, 0.2) is 5.78 Å². The highest BCUT2D eigenvalue weighted by molar-refractivity contribution is 6.09. The van der Waals surface area contributed by atoms with Crippen LogP contribution in [0.1, 0.15) is 43.7 Å². The fraction of sp³-hybridized carbons (Fsp3) is 0.346. The normalized spacial score (nSPS) is 20.6. The molecule has 2 atom stereocenters. The van der Waals surface area contributed by atoms with E-state index in [2.05, 4.69) is 22.5 Å². The minimum Gasteiger partial charge on any atom is -0.378 e. The largest absolute Gasteiger partial charge is 0.378 e. The summed E-state index contributed by atoms with van der Waals surface area (Å²) in [6, 6.07) is 11.8. The summed E-state index contributed by atoms with van der Waals surface area (Å²) in [7, 11) is 3.98. The minimum atomic E-state index is -0.409. The molecule has 32 heavy (non-hydrogen) atoms. The minimum absolute atomic E-state index is 0.110. The van der Waals surface area contributed by atoms with Gasteiger partial charge >= 0.3 is 0 Å². The highest BCUT2D eigenvalue weighted by Gasteiger charge is 2.39. The van der Waals surface area contributed by atoms with Crippen molar-refractivity contribution in [3.8, 4) is 0 Å². The molecule has 166 valence electrons. The van der Waals surface area contributed by atoms with Crippen LogP contribution >= 0.6 is 0 Å². The summed E-state index contributed by atoms with van der Waals surface area (Å²) in [6.45, 7) is 5.95. The fourth-order valence-corrected chi connectivity index (χ4v) is 4.56. The third-order valence-corrected chi connectivity index (χ3v) is 6.17. The molecule has 0 spiro atoms. The molecule has 2 N–H and O–H groups in total. The SMILES string of the molecule is CC1=C(C(=O)Nc2ccc(C)cn2)[C@H](c2ccc(N(C)C)cc2)C2=C(C[C@H](C)CC2=O)N1. The molecular formula is C26H30N4O2. The topological polar surface area (TPSA) is 74.3 Å². The van der Waals surface area contributed by atoms with Gasteiger partial charge < -0.3 is 15.5 Å². The summed E-state index contributed by atoms with van der Waals surface area (Å²) in [5.41, 5.74) is 6.02. The van der Waals surface area contributed by atoms with Crippen LogP contribution in [0.4, 0.5) is 11.5 Å². The van der Waals surface area contributed by atoms with Crippen LogP contribution in [0.25, 0.3) is 0 Å². The zero-order valence-electron chi connectivity index (χ0n) is 19.3. The van der Waals surface area contributed by atoms with Crippen molar-refractivity contribution < 1.29 is 9.59 Å². The van der Waals surface area contributed by atoms with Crippen LogP contribution < -0.4 is 15.5 Å². The van der Waals surface area contributed by atoms with Crippen molar-refractivity contribution in [1.82, 2.24) is 10.3 Å². The molecule has 1 aliphatic carbocycles. The van der Waals surface area contributed by atoms with Gasteiger partial charge in [-0.15, -0.1) is 0 Å². The number of pyridine rings is 1. The third kappa shape index (κ3) is 4.17. The van der Waals surface area contributed by atoms with Gasteiger partial charge in [0.05, 0.1) is 0 Å². The predicted octanol–water partition coefficient (Wildman–Crippen LogP) is 4.31. The Bertz CT molecular complexity index is 1110. The van der Waals surface area contributed by atoms with E-state index in [1.807, 2.05) is 63.2 Å². The van der Waals surface area contributed by atoms with Crippen LogP contribution in [0.15, 0.2) is 65.1 Å². The van der Waals surface area contributed by atoms with Crippen LogP contribution in [-0.2, 0) is 9.59 Å². The van der Waals surface area contributed by atoms with E-state index in [1.54, 1.807) is 12.3 Å². The molecule has 0 unspecified atom stereocenters. The Morgan fingerprint density at radius 1 is 1.09 bits per heavy atom.